The number of aliphatic hydroxyl groups is 1. The number of aryl methyl sites for hydroxylation is 1. The van der Waals surface area contributed by atoms with E-state index in [2.05, 4.69) is 15.3 Å². The number of anilines is 2. The summed E-state index contributed by atoms with van der Waals surface area (Å²) >= 11 is 0. The largest absolute Gasteiger partial charge is 0.396 e. The maximum absolute atomic E-state index is 8.75. The number of hydrogen-bond acceptors (Lipinski definition) is 5. The van der Waals surface area contributed by atoms with Gasteiger partial charge in [-0.25, -0.2) is 9.97 Å². The molecule has 0 aliphatic heterocycles. The smallest absolute Gasteiger partial charge is 0.134 e. The first kappa shape index (κ1) is 11.7. The molecule has 0 aliphatic carbocycles. The molecule has 0 radical (unpaired) electrons. The topological polar surface area (TPSA) is 61.3 Å². The van der Waals surface area contributed by atoms with Crippen LogP contribution < -0.4 is 10.2 Å². The third-order valence-corrected chi connectivity index (χ3v) is 2.12. The predicted octanol–water partition coefficient (Wildman–Crippen LogP) is 0.645. The van der Waals surface area contributed by atoms with Crippen LogP contribution in [0.2, 0.25) is 0 Å². The normalized spacial score (nSPS) is 10.1. The highest BCUT2D eigenvalue weighted by molar-refractivity contribution is 5.48. The van der Waals surface area contributed by atoms with Crippen molar-refractivity contribution < 1.29 is 5.11 Å². The molecule has 84 valence electrons. The highest BCUT2D eigenvalue weighted by Gasteiger charge is 2.05. The zero-order chi connectivity index (χ0) is 11.3. The predicted molar refractivity (Wildman–Crippen MR) is 61.3 cm³/mol. The fourth-order valence-corrected chi connectivity index (χ4v) is 1.30. The molecule has 1 aromatic heterocycles. The van der Waals surface area contributed by atoms with E-state index in [9.17, 15) is 0 Å². The molecule has 5 nitrogen and oxygen atoms in total. The Balaban J connectivity index is 2.78. The Labute approximate surface area is 90.2 Å². The molecule has 0 fully saturated rings. The fraction of sp³-hybridized carbons (Fsp3) is 0.600. The molecule has 1 rings (SSSR count). The van der Waals surface area contributed by atoms with E-state index in [0.29, 0.717) is 0 Å². The molecule has 5 heteroatoms. The first-order valence-corrected chi connectivity index (χ1v) is 5.03. The van der Waals surface area contributed by atoms with E-state index >= 15 is 0 Å². The maximum Gasteiger partial charge on any atom is 0.134 e. The molecular formula is C10H18N4O. The summed E-state index contributed by atoms with van der Waals surface area (Å²) in [6.07, 6.45) is 0.744. The van der Waals surface area contributed by atoms with E-state index in [1.54, 1.807) is 0 Å². The second-order valence-electron chi connectivity index (χ2n) is 3.41. The first-order chi connectivity index (χ1) is 7.17. The highest BCUT2D eigenvalue weighted by atomic mass is 16.3. The number of aliphatic hydroxyl groups excluding tert-OH is 1. The second kappa shape index (κ2) is 5.50. The summed E-state index contributed by atoms with van der Waals surface area (Å²) in [5.74, 6) is 2.43. The molecule has 0 unspecified atom stereocenters. The minimum atomic E-state index is 0.202. The molecule has 0 aromatic carbocycles. The summed E-state index contributed by atoms with van der Waals surface area (Å²) in [7, 11) is 3.79. The van der Waals surface area contributed by atoms with Crippen LogP contribution in [0.3, 0.4) is 0 Å². The third kappa shape index (κ3) is 3.36. The van der Waals surface area contributed by atoms with Gasteiger partial charge in [0.05, 0.1) is 0 Å². The molecule has 0 aliphatic rings. The average molecular weight is 210 g/mol. The zero-order valence-corrected chi connectivity index (χ0v) is 9.49. The van der Waals surface area contributed by atoms with Crippen LogP contribution in [-0.4, -0.2) is 42.3 Å². The lowest BCUT2D eigenvalue weighted by Crippen LogP contribution is -2.21. The number of nitrogens with one attached hydrogen (secondary N) is 1. The summed E-state index contributed by atoms with van der Waals surface area (Å²) < 4.78 is 0. The van der Waals surface area contributed by atoms with Crippen LogP contribution in [0.5, 0.6) is 0 Å². The molecular weight excluding hydrogens is 192 g/mol. The van der Waals surface area contributed by atoms with Gasteiger partial charge in [0, 0.05) is 33.3 Å². The van der Waals surface area contributed by atoms with Crippen molar-refractivity contribution in [2.75, 3.05) is 37.5 Å². The van der Waals surface area contributed by atoms with E-state index in [1.807, 2.05) is 32.0 Å². The Kier molecular flexibility index (Phi) is 4.30. The number of aromatic nitrogens is 2. The Morgan fingerprint density at radius 1 is 1.47 bits per heavy atom. The highest BCUT2D eigenvalue weighted by Crippen LogP contribution is 2.14. The summed E-state index contributed by atoms with van der Waals surface area (Å²) in [5.41, 5.74) is 0. The van der Waals surface area contributed by atoms with Crippen LogP contribution in [0.25, 0.3) is 0 Å². The van der Waals surface area contributed by atoms with Crippen LogP contribution in [0.15, 0.2) is 6.07 Å². The molecule has 1 aromatic rings. The van der Waals surface area contributed by atoms with Crippen molar-refractivity contribution in [1.82, 2.24) is 9.97 Å². The Hall–Kier alpha value is -1.36. The maximum atomic E-state index is 8.75. The SMILES string of the molecule is CNc1cc(N(C)CCCO)nc(C)n1. The van der Waals surface area contributed by atoms with Crippen LogP contribution in [0.1, 0.15) is 12.2 Å². The van der Waals surface area contributed by atoms with Gasteiger partial charge in [-0.2, -0.15) is 0 Å². The fourth-order valence-electron chi connectivity index (χ4n) is 1.30. The lowest BCUT2D eigenvalue weighted by molar-refractivity contribution is 0.290. The van der Waals surface area contributed by atoms with Crippen LogP contribution in [0, 0.1) is 6.92 Å². The quantitative estimate of drug-likeness (QED) is 0.747. The lowest BCUT2D eigenvalue weighted by Gasteiger charge is -2.18. The standard InChI is InChI=1S/C10H18N4O/c1-8-12-9(11-2)7-10(13-8)14(3)5-4-6-15/h7,15H,4-6H2,1-3H3,(H,11,12,13). The van der Waals surface area contributed by atoms with Crippen molar-refractivity contribution in [3.05, 3.63) is 11.9 Å². The van der Waals surface area contributed by atoms with Gasteiger partial charge in [0.25, 0.3) is 0 Å². The van der Waals surface area contributed by atoms with E-state index in [0.717, 1.165) is 30.4 Å². The van der Waals surface area contributed by atoms with Crippen molar-refractivity contribution in [3.63, 3.8) is 0 Å². The van der Waals surface area contributed by atoms with Crippen LogP contribution in [0.4, 0.5) is 11.6 Å². The van der Waals surface area contributed by atoms with Crippen molar-refractivity contribution >= 4 is 11.6 Å². The molecule has 0 saturated heterocycles. The van der Waals surface area contributed by atoms with Gasteiger partial charge in [0.1, 0.15) is 17.5 Å². The van der Waals surface area contributed by atoms with E-state index in [4.69, 9.17) is 5.11 Å². The van der Waals surface area contributed by atoms with Crippen LogP contribution >= 0.6 is 0 Å². The monoisotopic (exact) mass is 210 g/mol. The van der Waals surface area contributed by atoms with Crippen molar-refractivity contribution in [2.24, 2.45) is 0 Å². The summed E-state index contributed by atoms with van der Waals surface area (Å²) in [5, 5.41) is 11.7. The van der Waals surface area contributed by atoms with Gasteiger partial charge in [-0.3, -0.25) is 0 Å². The summed E-state index contributed by atoms with van der Waals surface area (Å²) in [6.45, 7) is 2.85. The minimum Gasteiger partial charge on any atom is -0.396 e. The number of nitrogens with zero attached hydrogens (tertiary/aromatic N) is 3. The summed E-state index contributed by atoms with van der Waals surface area (Å²) in [6, 6.07) is 1.89. The second-order valence-corrected chi connectivity index (χ2v) is 3.41. The average Bonchev–Trinajstić information content (AvgIpc) is 2.24. The molecule has 0 atom stereocenters. The first-order valence-electron chi connectivity index (χ1n) is 5.03. The molecule has 0 amide bonds. The van der Waals surface area contributed by atoms with Crippen LogP contribution in [-0.2, 0) is 0 Å². The molecule has 0 spiro atoms. The van der Waals surface area contributed by atoms with Gasteiger partial charge in [-0.15, -0.1) is 0 Å². The molecule has 0 bridgehead atoms. The third-order valence-electron chi connectivity index (χ3n) is 2.12. The minimum absolute atomic E-state index is 0.202. The van der Waals surface area contributed by atoms with E-state index in [-0.39, 0.29) is 6.61 Å². The molecule has 1 heterocycles. The van der Waals surface area contributed by atoms with Gasteiger partial charge in [0.2, 0.25) is 0 Å². The Morgan fingerprint density at radius 2 is 2.20 bits per heavy atom. The molecule has 0 saturated carbocycles. The van der Waals surface area contributed by atoms with E-state index in [1.165, 1.54) is 0 Å². The van der Waals surface area contributed by atoms with Gasteiger partial charge in [-0.1, -0.05) is 0 Å². The lowest BCUT2D eigenvalue weighted by atomic mass is 10.4. The Bertz CT molecular complexity index is 316. The van der Waals surface area contributed by atoms with Gasteiger partial charge in [-0.05, 0) is 13.3 Å². The zero-order valence-electron chi connectivity index (χ0n) is 9.49. The van der Waals surface area contributed by atoms with Crippen molar-refractivity contribution in [1.29, 1.82) is 0 Å². The van der Waals surface area contributed by atoms with Gasteiger partial charge < -0.3 is 15.3 Å². The Morgan fingerprint density at radius 3 is 2.80 bits per heavy atom. The van der Waals surface area contributed by atoms with Gasteiger partial charge >= 0.3 is 0 Å². The summed E-state index contributed by atoms with van der Waals surface area (Å²) in [4.78, 5) is 10.6. The van der Waals surface area contributed by atoms with Crippen molar-refractivity contribution in [2.45, 2.75) is 13.3 Å². The van der Waals surface area contributed by atoms with E-state index < -0.39 is 0 Å². The van der Waals surface area contributed by atoms with Crippen molar-refractivity contribution in [3.8, 4) is 0 Å². The number of rotatable bonds is 5. The number of hydrogen-bond donors (Lipinski definition) is 2. The molecule has 15 heavy (non-hydrogen) atoms. The molecule has 2 N–H and O–H groups in total. The van der Waals surface area contributed by atoms with Gasteiger partial charge in [0.15, 0.2) is 0 Å².